The lowest BCUT2D eigenvalue weighted by atomic mass is 9.98. The van der Waals surface area contributed by atoms with Crippen LogP contribution in [0.25, 0.3) is 0 Å². The molecule has 1 fully saturated rings. The molecule has 0 aromatic carbocycles. The van der Waals surface area contributed by atoms with Gasteiger partial charge in [0.25, 0.3) is 0 Å². The topological polar surface area (TPSA) is 169 Å². The summed E-state index contributed by atoms with van der Waals surface area (Å²) in [5.41, 5.74) is 0. The minimum Gasteiger partial charge on any atom is -0.394 e. The molecule has 0 saturated carbocycles. The Morgan fingerprint density at radius 1 is 0.517 bits per heavy atom. The van der Waals surface area contributed by atoms with Crippen LogP contribution in [-0.4, -0.2) is 98.7 Å². The number of aliphatic hydroxyl groups excluding tert-OH is 6. The Morgan fingerprint density at radius 3 is 1.23 bits per heavy atom. The van der Waals surface area contributed by atoms with Gasteiger partial charge in [-0.3, -0.25) is 4.79 Å². The molecule has 0 radical (unpaired) electrons. The van der Waals surface area contributed by atoms with Crippen molar-refractivity contribution in [2.45, 2.75) is 300 Å². The molecular formula is C50H99NO9. The van der Waals surface area contributed by atoms with Crippen LogP contribution in [0.2, 0.25) is 0 Å². The van der Waals surface area contributed by atoms with Crippen molar-refractivity contribution in [1.29, 1.82) is 0 Å². The zero-order valence-electron chi connectivity index (χ0n) is 39.1. The Balaban J connectivity index is 2.26. The summed E-state index contributed by atoms with van der Waals surface area (Å²) in [7, 11) is 0. The van der Waals surface area contributed by atoms with Crippen LogP contribution in [0.5, 0.6) is 0 Å². The van der Waals surface area contributed by atoms with E-state index < -0.39 is 55.6 Å². The highest BCUT2D eigenvalue weighted by atomic mass is 16.7. The highest BCUT2D eigenvalue weighted by Crippen LogP contribution is 2.23. The van der Waals surface area contributed by atoms with Gasteiger partial charge in [0.05, 0.1) is 25.4 Å². The third-order valence-electron chi connectivity index (χ3n) is 12.8. The number of hydrogen-bond acceptors (Lipinski definition) is 9. The van der Waals surface area contributed by atoms with E-state index >= 15 is 0 Å². The second kappa shape index (κ2) is 40.9. The molecule has 358 valence electrons. The summed E-state index contributed by atoms with van der Waals surface area (Å²) in [6.45, 7) is 3.63. The molecule has 0 aliphatic carbocycles. The van der Waals surface area contributed by atoms with Crippen LogP contribution >= 0.6 is 0 Å². The molecule has 1 amide bonds. The lowest BCUT2D eigenvalue weighted by molar-refractivity contribution is -0.303. The predicted octanol–water partition coefficient (Wildman–Crippen LogP) is 10.5. The number of rotatable bonds is 44. The Morgan fingerprint density at radius 2 is 0.867 bits per heavy atom. The average Bonchev–Trinajstić information content (AvgIpc) is 3.25. The third-order valence-corrected chi connectivity index (χ3v) is 12.8. The van der Waals surface area contributed by atoms with Crippen LogP contribution in [0, 0.1) is 0 Å². The molecule has 1 rings (SSSR count). The summed E-state index contributed by atoms with van der Waals surface area (Å²) in [6.07, 6.45) is 35.5. The second-order valence-electron chi connectivity index (χ2n) is 18.5. The minimum atomic E-state index is -1.60. The van der Waals surface area contributed by atoms with Crippen LogP contribution in [-0.2, 0) is 14.3 Å². The van der Waals surface area contributed by atoms with E-state index in [1.54, 1.807) is 0 Å². The summed E-state index contributed by atoms with van der Waals surface area (Å²) in [5.74, 6) is -0.252. The molecule has 1 saturated heterocycles. The predicted molar refractivity (Wildman–Crippen MR) is 246 cm³/mol. The number of carbonyl (C=O) groups excluding carboxylic acids is 1. The number of unbranched alkanes of at least 4 members (excludes halogenated alkanes) is 33. The maximum absolute atomic E-state index is 13.0. The fourth-order valence-electron chi connectivity index (χ4n) is 8.61. The fraction of sp³-hybridized carbons (Fsp3) is 0.980. The third kappa shape index (κ3) is 30.3. The van der Waals surface area contributed by atoms with E-state index in [9.17, 15) is 35.4 Å². The Labute approximate surface area is 368 Å². The number of hydrogen-bond donors (Lipinski definition) is 7. The molecule has 0 spiro atoms. The molecule has 0 aromatic heterocycles. The van der Waals surface area contributed by atoms with E-state index in [1.165, 1.54) is 186 Å². The Bertz CT molecular complexity index is 926. The van der Waals surface area contributed by atoms with E-state index in [4.69, 9.17) is 9.47 Å². The standard InChI is InChI=1S/C50H99NO9/c1-3-5-7-9-11-13-15-17-18-19-20-21-22-23-24-25-26-27-29-31-33-35-37-39-45(54)51-42(41-59-50-49(58)48(57)47(56)44(40-52)60-50)46(55)43(53)38-36-34-32-30-28-16-14-12-10-8-6-4-2/h42-44,46-50,52-53,55-58H,3-41H2,1-2H3,(H,51,54)/t42-,43+,44?,46-,47?,48+,49-,50?/m0/s1. The first-order valence-corrected chi connectivity index (χ1v) is 25.8. The summed E-state index contributed by atoms with van der Waals surface area (Å²) < 4.78 is 11.2. The monoisotopic (exact) mass is 858 g/mol. The van der Waals surface area contributed by atoms with Gasteiger partial charge in [-0.05, 0) is 12.8 Å². The quantitative estimate of drug-likeness (QED) is 0.0295. The van der Waals surface area contributed by atoms with E-state index in [0.717, 1.165) is 38.5 Å². The molecule has 1 aliphatic rings. The lowest BCUT2D eigenvalue weighted by Crippen LogP contribution is -2.60. The van der Waals surface area contributed by atoms with Crippen molar-refractivity contribution in [1.82, 2.24) is 5.32 Å². The molecule has 10 heteroatoms. The zero-order chi connectivity index (χ0) is 43.9. The molecular weight excluding hydrogens is 759 g/mol. The fourth-order valence-corrected chi connectivity index (χ4v) is 8.61. The zero-order valence-corrected chi connectivity index (χ0v) is 39.1. The van der Waals surface area contributed by atoms with Crippen LogP contribution in [0.1, 0.15) is 251 Å². The number of nitrogens with one attached hydrogen (secondary N) is 1. The van der Waals surface area contributed by atoms with Crippen molar-refractivity contribution in [3.05, 3.63) is 0 Å². The Kier molecular flexibility index (Phi) is 39.0. The molecule has 3 unspecified atom stereocenters. The highest BCUT2D eigenvalue weighted by Gasteiger charge is 2.44. The molecule has 8 atom stereocenters. The Hall–Kier alpha value is -0.850. The van der Waals surface area contributed by atoms with Gasteiger partial charge in [-0.15, -0.1) is 0 Å². The number of carbonyl (C=O) groups is 1. The first kappa shape index (κ1) is 57.2. The van der Waals surface area contributed by atoms with Crippen LogP contribution in [0.3, 0.4) is 0 Å². The van der Waals surface area contributed by atoms with Crippen molar-refractivity contribution < 1.29 is 44.9 Å². The summed E-state index contributed by atoms with van der Waals surface area (Å²) in [6, 6.07) is -0.985. The van der Waals surface area contributed by atoms with E-state index in [2.05, 4.69) is 19.2 Å². The van der Waals surface area contributed by atoms with Gasteiger partial charge < -0.3 is 45.4 Å². The molecule has 60 heavy (non-hydrogen) atoms. The molecule has 7 N–H and O–H groups in total. The van der Waals surface area contributed by atoms with Gasteiger partial charge >= 0.3 is 0 Å². The minimum absolute atomic E-state index is 0.252. The maximum atomic E-state index is 13.0. The van der Waals surface area contributed by atoms with Crippen molar-refractivity contribution in [3.8, 4) is 0 Å². The summed E-state index contributed by atoms with van der Waals surface area (Å²) in [5, 5.41) is 65.3. The molecule has 10 nitrogen and oxygen atoms in total. The van der Waals surface area contributed by atoms with Crippen molar-refractivity contribution in [2.75, 3.05) is 13.2 Å². The van der Waals surface area contributed by atoms with Gasteiger partial charge in [0.1, 0.15) is 30.5 Å². The van der Waals surface area contributed by atoms with Crippen LogP contribution in [0.4, 0.5) is 0 Å². The van der Waals surface area contributed by atoms with Crippen molar-refractivity contribution in [3.63, 3.8) is 0 Å². The summed E-state index contributed by atoms with van der Waals surface area (Å²) in [4.78, 5) is 13.0. The van der Waals surface area contributed by atoms with E-state index in [-0.39, 0.29) is 18.9 Å². The van der Waals surface area contributed by atoms with Crippen molar-refractivity contribution in [2.24, 2.45) is 0 Å². The SMILES string of the molecule is CCCCCCCCCCCCCCCCCCCCCCCCCC(=O)N[C@@H](COC1OC(CO)C(O)[C@@H](O)[C@@H]1O)[C@H](O)[C@H](O)CCCCCCCCCCCCCC. The molecule has 1 aliphatic heterocycles. The van der Waals surface area contributed by atoms with Crippen LogP contribution in [0.15, 0.2) is 0 Å². The van der Waals surface area contributed by atoms with Gasteiger partial charge in [0.15, 0.2) is 6.29 Å². The molecule has 0 aromatic rings. The second-order valence-corrected chi connectivity index (χ2v) is 18.5. The number of aliphatic hydroxyl groups is 6. The van der Waals surface area contributed by atoms with Gasteiger partial charge in [-0.2, -0.15) is 0 Å². The van der Waals surface area contributed by atoms with Gasteiger partial charge in [-0.25, -0.2) is 0 Å². The van der Waals surface area contributed by atoms with Gasteiger partial charge in [-0.1, -0.05) is 232 Å². The average molecular weight is 858 g/mol. The molecule has 1 heterocycles. The van der Waals surface area contributed by atoms with E-state index in [1.807, 2.05) is 0 Å². The number of ether oxygens (including phenoxy) is 2. The lowest BCUT2D eigenvalue weighted by Gasteiger charge is -2.40. The van der Waals surface area contributed by atoms with Gasteiger partial charge in [0.2, 0.25) is 5.91 Å². The molecule has 0 bridgehead atoms. The highest BCUT2D eigenvalue weighted by molar-refractivity contribution is 5.76. The van der Waals surface area contributed by atoms with E-state index in [0.29, 0.717) is 6.42 Å². The smallest absolute Gasteiger partial charge is 0.220 e. The summed E-state index contributed by atoms with van der Waals surface area (Å²) >= 11 is 0. The van der Waals surface area contributed by atoms with Crippen LogP contribution < -0.4 is 5.32 Å². The largest absolute Gasteiger partial charge is 0.394 e. The number of amides is 1. The van der Waals surface area contributed by atoms with Gasteiger partial charge in [0, 0.05) is 6.42 Å². The van der Waals surface area contributed by atoms with Crippen molar-refractivity contribution >= 4 is 5.91 Å². The normalized spacial score (nSPS) is 21.0. The maximum Gasteiger partial charge on any atom is 0.220 e. The first-order valence-electron chi connectivity index (χ1n) is 25.8. The first-order chi connectivity index (χ1) is 29.3.